The summed E-state index contributed by atoms with van der Waals surface area (Å²) in [5, 5.41) is 7.11. The van der Waals surface area contributed by atoms with Crippen LogP contribution >= 0.6 is 22.7 Å². The number of anilines is 1. The zero-order valence-corrected chi connectivity index (χ0v) is 16.3. The van der Waals surface area contributed by atoms with Gasteiger partial charge in [0.25, 0.3) is 11.8 Å². The van der Waals surface area contributed by atoms with Crippen molar-refractivity contribution in [3.63, 3.8) is 0 Å². The van der Waals surface area contributed by atoms with Gasteiger partial charge in [-0.3, -0.25) is 14.9 Å². The van der Waals surface area contributed by atoms with Gasteiger partial charge < -0.3 is 9.88 Å². The van der Waals surface area contributed by atoms with E-state index in [1.165, 1.54) is 22.7 Å². The van der Waals surface area contributed by atoms with Gasteiger partial charge >= 0.3 is 0 Å². The third-order valence-electron chi connectivity index (χ3n) is 4.69. The van der Waals surface area contributed by atoms with E-state index in [4.69, 9.17) is 0 Å². The summed E-state index contributed by atoms with van der Waals surface area (Å²) in [7, 11) is 0. The van der Waals surface area contributed by atoms with Gasteiger partial charge in [-0.25, -0.2) is 9.97 Å². The van der Waals surface area contributed by atoms with Crippen LogP contribution in [0.4, 0.5) is 5.13 Å². The number of hydrogen-bond donors (Lipinski definition) is 2. The molecule has 0 radical (unpaired) electrons. The Balaban J connectivity index is 1.32. The molecule has 2 N–H and O–H groups in total. The highest BCUT2D eigenvalue weighted by Gasteiger charge is 2.25. The topological polar surface area (TPSA) is 91.0 Å². The largest absolute Gasteiger partial charge is 0.345 e. The van der Waals surface area contributed by atoms with Gasteiger partial charge in [-0.2, -0.15) is 11.3 Å². The van der Waals surface area contributed by atoms with E-state index >= 15 is 0 Å². The molecule has 0 aliphatic carbocycles. The summed E-state index contributed by atoms with van der Waals surface area (Å²) in [6, 6.07) is 7.27. The lowest BCUT2D eigenvalue weighted by Gasteiger charge is -2.26. The highest BCUT2D eigenvalue weighted by molar-refractivity contribution is 7.16. The molecule has 4 heterocycles. The minimum Gasteiger partial charge on any atom is -0.345 e. The predicted molar refractivity (Wildman–Crippen MR) is 109 cm³/mol. The van der Waals surface area contributed by atoms with E-state index in [1.54, 1.807) is 23.8 Å². The molecule has 4 aromatic rings. The van der Waals surface area contributed by atoms with Crippen LogP contribution in [0.1, 0.15) is 31.3 Å². The zero-order chi connectivity index (χ0) is 19.1. The van der Waals surface area contributed by atoms with Gasteiger partial charge in [-0.1, -0.05) is 11.3 Å². The molecule has 0 saturated carbocycles. The van der Waals surface area contributed by atoms with Crippen LogP contribution in [-0.2, 0) is 13.0 Å². The van der Waals surface area contributed by atoms with E-state index in [-0.39, 0.29) is 11.8 Å². The highest BCUT2D eigenvalue weighted by Crippen LogP contribution is 2.29. The number of carbonyl (C=O) groups is 2. The SMILES string of the molecule is O=C(Nc1nc2c(s1)CN(C(=O)c1ccc3nc[nH]c3c1)CC2)c1ccsc1. The number of rotatable bonds is 3. The number of carbonyl (C=O) groups excluding carboxylic acids is 2. The summed E-state index contributed by atoms with van der Waals surface area (Å²) in [6.45, 7) is 1.11. The van der Waals surface area contributed by atoms with Crippen LogP contribution in [-0.4, -0.2) is 38.2 Å². The molecule has 7 nitrogen and oxygen atoms in total. The quantitative estimate of drug-likeness (QED) is 0.542. The second-order valence-corrected chi connectivity index (χ2v) is 8.33. The Morgan fingerprint density at radius 3 is 3.00 bits per heavy atom. The average Bonchev–Trinajstić information content (AvgIpc) is 3.45. The summed E-state index contributed by atoms with van der Waals surface area (Å²) >= 11 is 2.91. The van der Waals surface area contributed by atoms with Crippen LogP contribution in [0.25, 0.3) is 11.0 Å². The highest BCUT2D eigenvalue weighted by atomic mass is 32.1. The fourth-order valence-electron chi connectivity index (χ4n) is 3.24. The first-order valence-electron chi connectivity index (χ1n) is 8.72. The molecule has 28 heavy (non-hydrogen) atoms. The molecule has 0 unspecified atom stereocenters. The van der Waals surface area contributed by atoms with Crippen molar-refractivity contribution in [2.75, 3.05) is 11.9 Å². The van der Waals surface area contributed by atoms with Gasteiger partial charge in [0.05, 0.1) is 35.2 Å². The number of nitrogens with zero attached hydrogens (tertiary/aromatic N) is 3. The Labute approximate surface area is 168 Å². The summed E-state index contributed by atoms with van der Waals surface area (Å²) in [6.07, 6.45) is 2.30. The van der Waals surface area contributed by atoms with Gasteiger partial charge in [0, 0.05) is 28.8 Å². The van der Waals surface area contributed by atoms with E-state index in [0.717, 1.165) is 21.6 Å². The Bertz CT molecular complexity index is 1180. The number of thiazole rings is 1. The molecule has 0 atom stereocenters. The Kier molecular flexibility index (Phi) is 4.18. The average molecular weight is 409 g/mol. The smallest absolute Gasteiger partial charge is 0.258 e. The van der Waals surface area contributed by atoms with Crippen LogP contribution in [0.15, 0.2) is 41.4 Å². The van der Waals surface area contributed by atoms with Gasteiger partial charge in [0.1, 0.15) is 0 Å². The second-order valence-electron chi connectivity index (χ2n) is 6.47. The fraction of sp³-hybridized carbons (Fsp3) is 0.158. The zero-order valence-electron chi connectivity index (χ0n) is 14.6. The van der Waals surface area contributed by atoms with Gasteiger partial charge in [-0.05, 0) is 29.6 Å². The first-order chi connectivity index (χ1) is 13.7. The molecule has 1 aliphatic rings. The standard InChI is InChI=1S/C19H15N5O2S2/c25-17(12-4-6-27-9-12)23-19-22-14-3-5-24(8-16(14)28-19)18(26)11-1-2-13-15(7-11)21-10-20-13/h1-2,4,6-7,9-10H,3,5,8H2,(H,20,21)(H,22,23,25). The van der Waals surface area contributed by atoms with E-state index in [2.05, 4.69) is 20.3 Å². The molecule has 1 aromatic carbocycles. The maximum Gasteiger partial charge on any atom is 0.258 e. The summed E-state index contributed by atoms with van der Waals surface area (Å²) in [5.74, 6) is -0.174. The van der Waals surface area contributed by atoms with Crippen molar-refractivity contribution in [1.82, 2.24) is 19.9 Å². The molecule has 0 fully saturated rings. The Hall–Kier alpha value is -3.04. The monoisotopic (exact) mass is 409 g/mol. The molecule has 1 aliphatic heterocycles. The van der Waals surface area contributed by atoms with Crippen molar-refractivity contribution in [3.05, 3.63) is 63.1 Å². The minimum atomic E-state index is -0.159. The first-order valence-corrected chi connectivity index (χ1v) is 10.5. The lowest BCUT2D eigenvalue weighted by molar-refractivity contribution is 0.0736. The van der Waals surface area contributed by atoms with Gasteiger partial charge in [0.2, 0.25) is 0 Å². The molecule has 0 bridgehead atoms. The lowest BCUT2D eigenvalue weighted by Crippen LogP contribution is -2.35. The maximum atomic E-state index is 12.9. The molecule has 3 aromatic heterocycles. The number of hydrogen-bond acceptors (Lipinski definition) is 6. The number of fused-ring (bicyclic) bond motifs is 2. The normalized spacial score (nSPS) is 13.5. The second kappa shape index (κ2) is 6.84. The molecule has 0 saturated heterocycles. The van der Waals surface area contributed by atoms with Crippen LogP contribution in [0.5, 0.6) is 0 Å². The van der Waals surface area contributed by atoms with Crippen molar-refractivity contribution in [2.24, 2.45) is 0 Å². The summed E-state index contributed by atoms with van der Waals surface area (Å²) < 4.78 is 0. The maximum absolute atomic E-state index is 12.9. The molecule has 5 rings (SSSR count). The van der Waals surface area contributed by atoms with Gasteiger partial charge in [0.15, 0.2) is 5.13 Å². The number of nitrogens with one attached hydrogen (secondary N) is 2. The van der Waals surface area contributed by atoms with Crippen molar-refractivity contribution in [1.29, 1.82) is 0 Å². The Morgan fingerprint density at radius 1 is 1.21 bits per heavy atom. The van der Waals surface area contributed by atoms with Crippen molar-refractivity contribution < 1.29 is 9.59 Å². The molecule has 9 heteroatoms. The number of imidazole rings is 1. The first kappa shape index (κ1) is 17.1. The summed E-state index contributed by atoms with van der Waals surface area (Å²) in [5.41, 5.74) is 3.91. The number of thiophene rings is 1. The molecular formula is C19H15N5O2S2. The van der Waals surface area contributed by atoms with Crippen LogP contribution in [0.2, 0.25) is 0 Å². The number of aromatic nitrogens is 3. The molecule has 140 valence electrons. The van der Waals surface area contributed by atoms with E-state index in [9.17, 15) is 9.59 Å². The molecule has 0 spiro atoms. The van der Waals surface area contributed by atoms with Crippen LogP contribution < -0.4 is 5.32 Å². The summed E-state index contributed by atoms with van der Waals surface area (Å²) in [4.78, 5) is 39.7. The van der Waals surface area contributed by atoms with Crippen LogP contribution in [0.3, 0.4) is 0 Å². The minimum absolute atomic E-state index is 0.0144. The fourth-order valence-corrected chi connectivity index (χ4v) is 4.89. The van der Waals surface area contributed by atoms with Crippen molar-refractivity contribution in [2.45, 2.75) is 13.0 Å². The van der Waals surface area contributed by atoms with Crippen LogP contribution in [0, 0.1) is 0 Å². The lowest BCUT2D eigenvalue weighted by atomic mass is 10.1. The predicted octanol–water partition coefficient (Wildman–Crippen LogP) is 3.53. The van der Waals surface area contributed by atoms with Crippen molar-refractivity contribution in [3.8, 4) is 0 Å². The number of H-pyrrole nitrogens is 1. The van der Waals surface area contributed by atoms with E-state index in [1.807, 2.05) is 22.4 Å². The number of aromatic amines is 1. The van der Waals surface area contributed by atoms with Crippen molar-refractivity contribution >= 4 is 50.7 Å². The third kappa shape index (κ3) is 3.08. The van der Waals surface area contributed by atoms with E-state index in [0.29, 0.717) is 35.8 Å². The van der Waals surface area contributed by atoms with E-state index < -0.39 is 0 Å². The third-order valence-corrected chi connectivity index (χ3v) is 6.37. The number of benzene rings is 1. The Morgan fingerprint density at radius 2 is 2.14 bits per heavy atom. The number of amides is 2. The molecule has 2 amide bonds. The van der Waals surface area contributed by atoms with Gasteiger partial charge in [-0.15, -0.1) is 0 Å². The molecular weight excluding hydrogens is 394 g/mol.